The topological polar surface area (TPSA) is 31.0 Å². The van der Waals surface area contributed by atoms with Crippen molar-refractivity contribution in [3.63, 3.8) is 0 Å². The molecule has 4 unspecified atom stereocenters. The maximum Gasteiger partial charge on any atom is 0.122 e. The van der Waals surface area contributed by atoms with Gasteiger partial charge in [0.05, 0.1) is 26.4 Å². The van der Waals surface area contributed by atoms with Crippen molar-refractivity contribution in [2.45, 2.75) is 36.9 Å². The number of fused-ring (bicyclic) bond motifs is 1. The van der Waals surface area contributed by atoms with Crippen LogP contribution in [0.1, 0.15) is 35.8 Å². The van der Waals surface area contributed by atoms with E-state index in [1.54, 1.807) is 14.2 Å². The van der Waals surface area contributed by atoms with E-state index in [9.17, 15) is 0 Å². The smallest absolute Gasteiger partial charge is 0.122 e. The van der Waals surface area contributed by atoms with Crippen LogP contribution in [-0.2, 0) is 4.74 Å². The summed E-state index contributed by atoms with van der Waals surface area (Å²) in [6.07, 6.45) is 3.34. The standard InChI is InChI=1S/C14H16O3/c1-15-9-5-6-10(16-2)12-8-4-3-7(11(9)12)13-14(8)17-13/h5-8,13-14H,3-4H2,1-2H3. The van der Waals surface area contributed by atoms with Gasteiger partial charge in [-0.3, -0.25) is 0 Å². The highest BCUT2D eigenvalue weighted by Gasteiger charge is 2.59. The number of benzene rings is 1. The lowest BCUT2D eigenvalue weighted by molar-refractivity contribution is 0.347. The lowest BCUT2D eigenvalue weighted by Crippen LogP contribution is -2.30. The summed E-state index contributed by atoms with van der Waals surface area (Å²) in [5.74, 6) is 3.05. The van der Waals surface area contributed by atoms with Crippen LogP contribution in [0, 0.1) is 0 Å². The molecule has 1 saturated carbocycles. The van der Waals surface area contributed by atoms with E-state index in [-0.39, 0.29) is 0 Å². The summed E-state index contributed by atoms with van der Waals surface area (Å²) in [5, 5.41) is 0. The Balaban J connectivity index is 1.97. The quantitative estimate of drug-likeness (QED) is 0.734. The molecule has 1 aromatic carbocycles. The molecule has 2 fully saturated rings. The second-order valence-electron chi connectivity index (χ2n) is 5.15. The van der Waals surface area contributed by atoms with Crippen molar-refractivity contribution < 1.29 is 14.2 Å². The number of ether oxygens (including phenoxy) is 3. The largest absolute Gasteiger partial charge is 0.496 e. The number of rotatable bonds is 2. The van der Waals surface area contributed by atoms with Crippen LogP contribution < -0.4 is 9.47 Å². The van der Waals surface area contributed by atoms with Crippen molar-refractivity contribution >= 4 is 0 Å². The molecule has 0 radical (unpaired) electrons. The fourth-order valence-electron chi connectivity index (χ4n) is 3.81. The number of hydrogen-bond acceptors (Lipinski definition) is 3. The van der Waals surface area contributed by atoms with E-state index in [1.165, 1.54) is 24.0 Å². The highest BCUT2D eigenvalue weighted by molar-refractivity contribution is 5.57. The number of methoxy groups -OCH3 is 2. The average Bonchev–Trinajstić information content (AvgIpc) is 3.19. The Kier molecular flexibility index (Phi) is 1.82. The van der Waals surface area contributed by atoms with E-state index in [4.69, 9.17) is 14.2 Å². The van der Waals surface area contributed by atoms with Gasteiger partial charge in [-0.15, -0.1) is 0 Å². The van der Waals surface area contributed by atoms with Crippen molar-refractivity contribution in [2.75, 3.05) is 14.2 Å². The lowest BCUT2D eigenvalue weighted by Gasteiger charge is -2.36. The highest BCUT2D eigenvalue weighted by atomic mass is 16.6. The molecule has 17 heavy (non-hydrogen) atoms. The summed E-state index contributed by atoms with van der Waals surface area (Å²) in [7, 11) is 3.49. The van der Waals surface area contributed by atoms with Crippen LogP contribution in [0.4, 0.5) is 0 Å². The maximum atomic E-state index is 5.84. The Morgan fingerprint density at radius 1 is 0.941 bits per heavy atom. The van der Waals surface area contributed by atoms with Gasteiger partial charge in [0.2, 0.25) is 0 Å². The molecule has 3 aliphatic carbocycles. The van der Waals surface area contributed by atoms with E-state index >= 15 is 0 Å². The third kappa shape index (κ3) is 1.10. The van der Waals surface area contributed by atoms with Crippen molar-refractivity contribution in [2.24, 2.45) is 0 Å². The molecule has 1 saturated heterocycles. The molecule has 2 bridgehead atoms. The number of hydrogen-bond donors (Lipinski definition) is 0. The first-order valence-electron chi connectivity index (χ1n) is 6.25. The van der Waals surface area contributed by atoms with Gasteiger partial charge in [-0.1, -0.05) is 0 Å². The summed E-state index contributed by atoms with van der Waals surface area (Å²) >= 11 is 0. The van der Waals surface area contributed by atoms with Crippen LogP contribution in [0.25, 0.3) is 0 Å². The predicted octanol–water partition coefficient (Wildman–Crippen LogP) is 2.45. The van der Waals surface area contributed by atoms with Gasteiger partial charge in [0, 0.05) is 23.0 Å². The molecular formula is C14H16O3. The molecule has 0 aromatic heterocycles. The van der Waals surface area contributed by atoms with Crippen molar-refractivity contribution in [1.29, 1.82) is 0 Å². The molecule has 5 rings (SSSR count). The van der Waals surface area contributed by atoms with Gasteiger partial charge in [-0.05, 0) is 25.0 Å². The molecule has 1 heterocycles. The van der Waals surface area contributed by atoms with Gasteiger partial charge in [-0.2, -0.15) is 0 Å². The molecule has 1 aliphatic heterocycles. The van der Waals surface area contributed by atoms with Crippen molar-refractivity contribution in [3.8, 4) is 11.5 Å². The summed E-state index contributed by atoms with van der Waals surface area (Å²) < 4.78 is 16.9. The van der Waals surface area contributed by atoms with Gasteiger partial charge in [0.25, 0.3) is 0 Å². The van der Waals surface area contributed by atoms with Crippen LogP contribution in [0.3, 0.4) is 0 Å². The Labute approximate surface area is 101 Å². The second kappa shape index (κ2) is 3.16. The first-order chi connectivity index (χ1) is 8.35. The van der Waals surface area contributed by atoms with Gasteiger partial charge < -0.3 is 14.2 Å². The van der Waals surface area contributed by atoms with E-state index in [2.05, 4.69) is 0 Å². The van der Waals surface area contributed by atoms with Crippen LogP contribution in [0.2, 0.25) is 0 Å². The molecule has 3 nitrogen and oxygen atoms in total. The zero-order valence-electron chi connectivity index (χ0n) is 10.1. The molecule has 1 aromatic rings. The molecule has 0 N–H and O–H groups in total. The van der Waals surface area contributed by atoms with Crippen LogP contribution in [0.5, 0.6) is 11.5 Å². The minimum Gasteiger partial charge on any atom is -0.496 e. The summed E-state index contributed by atoms with van der Waals surface area (Å²) in [6, 6.07) is 4.05. The Hall–Kier alpha value is -1.22. The third-order valence-corrected chi connectivity index (χ3v) is 4.53. The van der Waals surface area contributed by atoms with Gasteiger partial charge in [0.1, 0.15) is 11.5 Å². The lowest BCUT2D eigenvalue weighted by atomic mass is 9.66. The maximum absolute atomic E-state index is 5.84. The highest BCUT2D eigenvalue weighted by Crippen LogP contribution is 2.62. The van der Waals surface area contributed by atoms with E-state index in [0.29, 0.717) is 24.0 Å². The Morgan fingerprint density at radius 3 is 1.82 bits per heavy atom. The first kappa shape index (κ1) is 9.77. The Morgan fingerprint density at radius 2 is 1.41 bits per heavy atom. The molecule has 4 atom stereocenters. The second-order valence-corrected chi connectivity index (χ2v) is 5.15. The zero-order chi connectivity index (χ0) is 11.6. The molecular weight excluding hydrogens is 216 g/mol. The van der Waals surface area contributed by atoms with Crippen LogP contribution >= 0.6 is 0 Å². The van der Waals surface area contributed by atoms with Crippen LogP contribution in [0.15, 0.2) is 12.1 Å². The fourth-order valence-corrected chi connectivity index (χ4v) is 3.81. The monoisotopic (exact) mass is 232 g/mol. The molecule has 3 heteroatoms. The van der Waals surface area contributed by atoms with E-state index < -0.39 is 0 Å². The molecule has 90 valence electrons. The minimum absolute atomic E-state index is 0.447. The van der Waals surface area contributed by atoms with Crippen molar-refractivity contribution in [3.05, 3.63) is 23.3 Å². The average molecular weight is 232 g/mol. The van der Waals surface area contributed by atoms with Gasteiger partial charge >= 0.3 is 0 Å². The first-order valence-corrected chi connectivity index (χ1v) is 6.25. The predicted molar refractivity (Wildman–Crippen MR) is 62.9 cm³/mol. The SMILES string of the molecule is COc1ccc(OC)c2c1C1CCC2C2OC12. The summed E-state index contributed by atoms with van der Waals surface area (Å²) in [4.78, 5) is 0. The van der Waals surface area contributed by atoms with Gasteiger partial charge in [-0.25, -0.2) is 0 Å². The Bertz CT molecular complexity index is 440. The number of epoxide rings is 1. The molecule has 0 amide bonds. The summed E-state index contributed by atoms with van der Waals surface area (Å²) in [6.45, 7) is 0. The minimum atomic E-state index is 0.447. The van der Waals surface area contributed by atoms with E-state index in [0.717, 1.165) is 11.5 Å². The normalized spacial score (nSPS) is 36.1. The summed E-state index contributed by atoms with van der Waals surface area (Å²) in [5.41, 5.74) is 2.70. The molecule has 4 aliphatic rings. The third-order valence-electron chi connectivity index (χ3n) is 4.53. The van der Waals surface area contributed by atoms with Crippen LogP contribution in [-0.4, -0.2) is 26.4 Å². The van der Waals surface area contributed by atoms with E-state index in [1.807, 2.05) is 12.1 Å². The molecule has 0 spiro atoms. The zero-order valence-corrected chi connectivity index (χ0v) is 10.1. The van der Waals surface area contributed by atoms with Crippen molar-refractivity contribution in [1.82, 2.24) is 0 Å². The fraction of sp³-hybridized carbons (Fsp3) is 0.571. The van der Waals surface area contributed by atoms with Gasteiger partial charge in [0.15, 0.2) is 0 Å².